The summed E-state index contributed by atoms with van der Waals surface area (Å²) in [5, 5.41) is 9.87. The molecule has 0 bridgehead atoms. The average molecular weight is 356 g/mol. The molecule has 8 nitrogen and oxygen atoms in total. The molecule has 10 heteroatoms. The fraction of sp³-hybridized carbons (Fsp3) is 0.154. The Bertz CT molecular complexity index is 891. The van der Waals surface area contributed by atoms with Crippen molar-refractivity contribution in [1.29, 1.82) is 0 Å². The molecule has 1 aromatic carbocycles. The largest absolute Gasteiger partial charge is 0.285 e. The molecule has 2 aromatic rings. The second-order valence-corrected chi connectivity index (χ2v) is 6.73. The molecule has 1 aromatic heterocycles. The van der Waals surface area contributed by atoms with Crippen LogP contribution in [-0.4, -0.2) is 31.4 Å². The van der Waals surface area contributed by atoms with Gasteiger partial charge < -0.3 is 0 Å². The maximum absolute atomic E-state index is 11.7. The van der Waals surface area contributed by atoms with Crippen LogP contribution < -0.4 is 15.7 Å². The van der Waals surface area contributed by atoms with Crippen molar-refractivity contribution in [2.75, 3.05) is 12.5 Å². The maximum Gasteiger partial charge on any atom is 0.285 e. The van der Waals surface area contributed by atoms with Crippen molar-refractivity contribution >= 4 is 33.0 Å². The van der Waals surface area contributed by atoms with Crippen LogP contribution in [0.3, 0.4) is 0 Å². The molecule has 23 heavy (non-hydrogen) atoms. The molecule has 0 fully saturated rings. The van der Waals surface area contributed by atoms with E-state index in [4.69, 9.17) is 11.6 Å². The molecule has 0 amide bonds. The van der Waals surface area contributed by atoms with Crippen molar-refractivity contribution < 1.29 is 8.42 Å². The molecule has 122 valence electrons. The highest BCUT2D eigenvalue weighted by atomic mass is 35.5. The van der Waals surface area contributed by atoms with Gasteiger partial charge >= 0.3 is 0 Å². The lowest BCUT2D eigenvalue weighted by Gasteiger charge is -2.06. The van der Waals surface area contributed by atoms with Gasteiger partial charge in [-0.05, 0) is 31.7 Å². The molecular formula is C13H14ClN5O3S. The molecule has 0 atom stereocenters. The number of aromatic amines is 1. The van der Waals surface area contributed by atoms with E-state index < -0.39 is 15.6 Å². The predicted molar refractivity (Wildman–Crippen MR) is 88.4 cm³/mol. The van der Waals surface area contributed by atoms with Crippen LogP contribution >= 0.6 is 11.6 Å². The fourth-order valence-corrected chi connectivity index (χ4v) is 2.53. The summed E-state index contributed by atoms with van der Waals surface area (Å²) in [6.07, 6.45) is 1.34. The molecule has 0 radical (unpaired) electrons. The smallest absolute Gasteiger partial charge is 0.275 e. The summed E-state index contributed by atoms with van der Waals surface area (Å²) >= 11 is 5.82. The van der Waals surface area contributed by atoms with Crippen molar-refractivity contribution in [3.8, 4) is 0 Å². The third kappa shape index (κ3) is 3.95. The standard InChI is InChI=1S/C13H14ClN5O3S/c1-8(17-18-11-7-16-19-13(20)12(11)14)9-3-5-10(6-4-9)23(21,22)15-2/h3-7,15H,1-2H3,(H2,18,19,20)/b17-8-. The van der Waals surface area contributed by atoms with E-state index in [1.54, 1.807) is 19.1 Å². The van der Waals surface area contributed by atoms with Crippen molar-refractivity contribution in [1.82, 2.24) is 14.9 Å². The number of nitrogens with zero attached hydrogens (tertiary/aromatic N) is 2. The number of anilines is 1. The van der Waals surface area contributed by atoms with Gasteiger partial charge in [0.15, 0.2) is 0 Å². The van der Waals surface area contributed by atoms with E-state index in [-0.39, 0.29) is 15.6 Å². The summed E-state index contributed by atoms with van der Waals surface area (Å²) in [4.78, 5) is 11.5. The van der Waals surface area contributed by atoms with Gasteiger partial charge in [-0.15, -0.1) is 0 Å². The minimum Gasteiger partial charge on any atom is -0.275 e. The summed E-state index contributed by atoms with van der Waals surface area (Å²) in [6, 6.07) is 6.20. The normalized spacial score (nSPS) is 12.2. The molecule has 0 unspecified atom stereocenters. The number of hydrogen-bond donors (Lipinski definition) is 3. The summed E-state index contributed by atoms with van der Waals surface area (Å²) in [7, 11) is -2.13. The van der Waals surface area contributed by atoms with Crippen molar-refractivity contribution in [2.45, 2.75) is 11.8 Å². The van der Waals surface area contributed by atoms with E-state index >= 15 is 0 Å². The van der Waals surface area contributed by atoms with E-state index in [9.17, 15) is 13.2 Å². The third-order valence-corrected chi connectivity index (χ3v) is 4.80. The Balaban J connectivity index is 2.22. The van der Waals surface area contributed by atoms with Crippen LogP contribution in [0.15, 0.2) is 45.3 Å². The number of H-pyrrole nitrogens is 1. The Labute approximate surface area is 137 Å². The number of nitrogens with one attached hydrogen (secondary N) is 3. The molecule has 2 rings (SSSR count). The highest BCUT2D eigenvalue weighted by Crippen LogP contribution is 2.15. The summed E-state index contributed by atoms with van der Waals surface area (Å²) in [6.45, 7) is 1.73. The van der Waals surface area contributed by atoms with Gasteiger partial charge in [0.1, 0.15) is 10.7 Å². The number of sulfonamides is 1. The van der Waals surface area contributed by atoms with Crippen LogP contribution in [0.4, 0.5) is 5.69 Å². The highest BCUT2D eigenvalue weighted by Gasteiger charge is 2.11. The van der Waals surface area contributed by atoms with Crippen LogP contribution in [0.2, 0.25) is 5.02 Å². The lowest BCUT2D eigenvalue weighted by Crippen LogP contribution is -2.18. The maximum atomic E-state index is 11.7. The van der Waals surface area contributed by atoms with E-state index in [0.717, 1.165) is 0 Å². The number of halogens is 1. The number of aromatic nitrogens is 2. The van der Waals surface area contributed by atoms with E-state index in [0.29, 0.717) is 11.3 Å². The first-order valence-electron chi connectivity index (χ1n) is 6.42. The number of hydrazone groups is 1. The molecule has 0 spiro atoms. The van der Waals surface area contributed by atoms with Gasteiger partial charge in [-0.1, -0.05) is 23.7 Å². The molecular weight excluding hydrogens is 342 g/mol. The van der Waals surface area contributed by atoms with Crippen LogP contribution in [0, 0.1) is 0 Å². The monoisotopic (exact) mass is 355 g/mol. The minimum atomic E-state index is -3.48. The average Bonchev–Trinajstić information content (AvgIpc) is 2.56. The lowest BCUT2D eigenvalue weighted by atomic mass is 10.1. The van der Waals surface area contributed by atoms with E-state index in [1.165, 1.54) is 25.4 Å². The fourth-order valence-electron chi connectivity index (χ4n) is 1.66. The van der Waals surface area contributed by atoms with Gasteiger partial charge in [0.05, 0.1) is 16.8 Å². The van der Waals surface area contributed by atoms with Gasteiger partial charge in [-0.25, -0.2) is 18.2 Å². The van der Waals surface area contributed by atoms with Gasteiger partial charge in [0.25, 0.3) is 5.56 Å². The molecule has 1 heterocycles. The second kappa shape index (κ2) is 6.90. The van der Waals surface area contributed by atoms with Gasteiger partial charge in [0, 0.05) is 0 Å². The number of hydrogen-bond acceptors (Lipinski definition) is 6. The first-order chi connectivity index (χ1) is 10.8. The molecule has 0 saturated heterocycles. The van der Waals surface area contributed by atoms with E-state index in [1.807, 2.05) is 0 Å². The van der Waals surface area contributed by atoms with Crippen LogP contribution in [-0.2, 0) is 10.0 Å². The molecule has 0 aliphatic heterocycles. The highest BCUT2D eigenvalue weighted by molar-refractivity contribution is 7.89. The molecule has 0 saturated carbocycles. The SMILES string of the molecule is CNS(=O)(=O)c1ccc(/C(C)=N\Nc2cn[nH]c(=O)c2Cl)cc1. The Morgan fingerprint density at radius 1 is 1.30 bits per heavy atom. The summed E-state index contributed by atoms with van der Waals surface area (Å²) in [5.41, 5.74) is 3.68. The number of benzene rings is 1. The third-order valence-electron chi connectivity index (χ3n) is 2.99. The van der Waals surface area contributed by atoms with Crippen LogP contribution in [0.5, 0.6) is 0 Å². The Morgan fingerprint density at radius 2 is 1.96 bits per heavy atom. The first-order valence-corrected chi connectivity index (χ1v) is 8.28. The van der Waals surface area contributed by atoms with E-state index in [2.05, 4.69) is 25.4 Å². The zero-order valence-corrected chi connectivity index (χ0v) is 13.9. The predicted octanol–water partition coefficient (Wildman–Crippen LogP) is 1.17. The quantitative estimate of drug-likeness (QED) is 0.550. The van der Waals surface area contributed by atoms with Crippen LogP contribution in [0.1, 0.15) is 12.5 Å². The van der Waals surface area contributed by atoms with Crippen LogP contribution in [0.25, 0.3) is 0 Å². The summed E-state index contributed by atoms with van der Waals surface area (Å²) < 4.78 is 25.5. The zero-order chi connectivity index (χ0) is 17.0. The zero-order valence-electron chi connectivity index (χ0n) is 12.3. The van der Waals surface area contributed by atoms with Gasteiger partial charge in [0.2, 0.25) is 10.0 Å². The topological polar surface area (TPSA) is 116 Å². The second-order valence-electron chi connectivity index (χ2n) is 4.47. The Kier molecular flexibility index (Phi) is 5.14. The Hall–Kier alpha value is -2.23. The Morgan fingerprint density at radius 3 is 2.57 bits per heavy atom. The van der Waals surface area contributed by atoms with Crippen molar-refractivity contribution in [3.05, 3.63) is 51.4 Å². The molecule has 0 aliphatic rings. The summed E-state index contributed by atoms with van der Waals surface area (Å²) in [5.74, 6) is 0. The minimum absolute atomic E-state index is 0.0491. The van der Waals surface area contributed by atoms with Gasteiger partial charge in [-0.3, -0.25) is 10.2 Å². The molecule has 3 N–H and O–H groups in total. The van der Waals surface area contributed by atoms with Gasteiger partial charge in [-0.2, -0.15) is 10.2 Å². The van der Waals surface area contributed by atoms with Crippen molar-refractivity contribution in [3.63, 3.8) is 0 Å². The molecule has 0 aliphatic carbocycles. The number of rotatable bonds is 5. The van der Waals surface area contributed by atoms with Crippen molar-refractivity contribution in [2.24, 2.45) is 5.10 Å². The lowest BCUT2D eigenvalue weighted by molar-refractivity contribution is 0.588. The first kappa shape index (κ1) is 17.1.